The second-order valence-corrected chi connectivity index (χ2v) is 12.0. The van der Waals surface area contributed by atoms with Gasteiger partial charge in [-0.2, -0.15) is 0 Å². The fraction of sp³-hybridized carbons (Fsp3) is 0.867. The molecule has 0 aliphatic rings. The third-order valence-corrected chi connectivity index (χ3v) is 8.95. The van der Waals surface area contributed by atoms with E-state index in [-0.39, 0.29) is 17.1 Å². The maximum atomic E-state index is 10.5. The lowest BCUT2D eigenvalue weighted by atomic mass is 9.92. The molecule has 118 valence electrons. The van der Waals surface area contributed by atoms with Gasteiger partial charge in [0.25, 0.3) is 0 Å². The molecule has 0 aromatic carbocycles. The van der Waals surface area contributed by atoms with Gasteiger partial charge >= 0.3 is 0 Å². The van der Waals surface area contributed by atoms with Gasteiger partial charge in [0.2, 0.25) is 6.20 Å². The largest absolute Gasteiger partial charge is 0.413 e. The minimum Gasteiger partial charge on any atom is -0.413 e. The van der Waals surface area contributed by atoms with Gasteiger partial charge in [0.15, 0.2) is 8.32 Å². The predicted molar refractivity (Wildman–Crippen MR) is 86.8 cm³/mol. The molecule has 20 heavy (non-hydrogen) atoms. The van der Waals surface area contributed by atoms with Crippen molar-refractivity contribution in [3.63, 3.8) is 0 Å². The Balaban J connectivity index is 5.13. The van der Waals surface area contributed by atoms with Gasteiger partial charge in [0.05, 0.1) is 11.0 Å². The summed E-state index contributed by atoms with van der Waals surface area (Å²) >= 11 is 0. The van der Waals surface area contributed by atoms with Crippen molar-refractivity contribution in [3.8, 4) is 0 Å². The molecule has 0 bridgehead atoms. The molecule has 0 saturated heterocycles. The monoisotopic (exact) mass is 301 g/mol. The normalized spacial score (nSPS) is 18.0. The van der Waals surface area contributed by atoms with E-state index in [0.29, 0.717) is 5.92 Å². The molecule has 4 nitrogen and oxygen atoms in total. The van der Waals surface area contributed by atoms with Crippen molar-refractivity contribution in [1.82, 2.24) is 0 Å². The van der Waals surface area contributed by atoms with E-state index in [1.807, 2.05) is 6.92 Å². The van der Waals surface area contributed by atoms with E-state index in [2.05, 4.69) is 47.7 Å². The molecule has 0 N–H and O–H groups in total. The van der Waals surface area contributed by atoms with Crippen molar-refractivity contribution in [1.29, 1.82) is 0 Å². The lowest BCUT2D eigenvalue weighted by Crippen LogP contribution is -2.47. The maximum Gasteiger partial charge on any atom is 0.230 e. The summed E-state index contributed by atoms with van der Waals surface area (Å²) in [5, 5.41) is 10.6. The topological polar surface area (TPSA) is 52.4 Å². The van der Waals surface area contributed by atoms with Gasteiger partial charge in [-0.3, -0.25) is 10.1 Å². The Morgan fingerprint density at radius 1 is 1.30 bits per heavy atom. The number of nitro groups is 1. The predicted octanol–water partition coefficient (Wildman–Crippen LogP) is 4.85. The fourth-order valence-corrected chi connectivity index (χ4v) is 3.29. The van der Waals surface area contributed by atoms with Crippen molar-refractivity contribution in [2.24, 2.45) is 11.8 Å². The van der Waals surface area contributed by atoms with Gasteiger partial charge in [0, 0.05) is 5.92 Å². The summed E-state index contributed by atoms with van der Waals surface area (Å²) in [7, 11) is -1.87. The number of rotatable bonds is 7. The zero-order valence-corrected chi connectivity index (χ0v) is 15.3. The molecule has 0 aliphatic carbocycles. The summed E-state index contributed by atoms with van der Waals surface area (Å²) in [6, 6.07) is 0. The minimum atomic E-state index is -1.87. The minimum absolute atomic E-state index is 0.0390. The second kappa shape index (κ2) is 7.36. The van der Waals surface area contributed by atoms with Crippen molar-refractivity contribution in [3.05, 3.63) is 22.4 Å². The van der Waals surface area contributed by atoms with Crippen LogP contribution in [0.15, 0.2) is 12.3 Å². The van der Waals surface area contributed by atoms with Crippen molar-refractivity contribution in [2.75, 3.05) is 0 Å². The van der Waals surface area contributed by atoms with Gasteiger partial charge in [0.1, 0.15) is 0 Å². The summed E-state index contributed by atoms with van der Waals surface area (Å²) in [6.07, 6.45) is 3.74. The van der Waals surface area contributed by atoms with Gasteiger partial charge < -0.3 is 4.43 Å². The highest BCUT2D eigenvalue weighted by molar-refractivity contribution is 6.74. The molecule has 0 amide bonds. The summed E-state index contributed by atoms with van der Waals surface area (Å²) in [5.41, 5.74) is 0. The van der Waals surface area contributed by atoms with Gasteiger partial charge in [-0.15, -0.1) is 0 Å². The molecule has 0 rings (SSSR count). The molecule has 3 atom stereocenters. The third-order valence-electron chi connectivity index (χ3n) is 4.47. The molecule has 0 heterocycles. The molecule has 0 fully saturated rings. The first-order valence-corrected chi connectivity index (χ1v) is 10.3. The quantitative estimate of drug-likeness (QED) is 0.384. The van der Waals surface area contributed by atoms with Crippen LogP contribution in [0.4, 0.5) is 0 Å². The highest BCUT2D eigenvalue weighted by Gasteiger charge is 2.40. The third kappa shape index (κ3) is 5.75. The summed E-state index contributed by atoms with van der Waals surface area (Å²) < 4.78 is 6.51. The van der Waals surface area contributed by atoms with Crippen LogP contribution in [0.3, 0.4) is 0 Å². The molecule has 0 spiro atoms. The summed E-state index contributed by atoms with van der Waals surface area (Å²) in [4.78, 5) is 10.1. The van der Waals surface area contributed by atoms with Crippen LogP contribution in [0.1, 0.15) is 48.0 Å². The Kier molecular flexibility index (Phi) is 7.11. The number of hydrogen-bond donors (Lipinski definition) is 0. The fourth-order valence-electron chi connectivity index (χ4n) is 1.81. The summed E-state index contributed by atoms with van der Waals surface area (Å²) in [6.45, 7) is 17.4. The van der Waals surface area contributed by atoms with Crippen molar-refractivity contribution >= 4 is 8.32 Å². The van der Waals surface area contributed by atoms with Crippen molar-refractivity contribution < 1.29 is 9.35 Å². The Morgan fingerprint density at radius 3 is 2.15 bits per heavy atom. The van der Waals surface area contributed by atoms with Crippen LogP contribution in [0.2, 0.25) is 18.1 Å². The average Bonchev–Trinajstić information content (AvgIpc) is 2.30. The van der Waals surface area contributed by atoms with Gasteiger partial charge in [-0.1, -0.05) is 48.0 Å². The van der Waals surface area contributed by atoms with Crippen LogP contribution in [0, 0.1) is 22.0 Å². The number of hydrogen-bond acceptors (Lipinski definition) is 3. The number of nitrogens with zero attached hydrogens (tertiary/aromatic N) is 1. The molecule has 0 saturated carbocycles. The molecule has 0 unspecified atom stereocenters. The van der Waals surface area contributed by atoms with E-state index in [1.165, 1.54) is 0 Å². The van der Waals surface area contributed by atoms with Crippen LogP contribution in [0.5, 0.6) is 0 Å². The van der Waals surface area contributed by atoms with E-state index in [9.17, 15) is 10.1 Å². The highest BCUT2D eigenvalue weighted by Crippen LogP contribution is 2.39. The van der Waals surface area contributed by atoms with Crippen LogP contribution in [-0.4, -0.2) is 19.3 Å². The zero-order valence-electron chi connectivity index (χ0n) is 14.3. The molecule has 0 aliphatic heterocycles. The lowest BCUT2D eigenvalue weighted by Gasteiger charge is -2.42. The van der Waals surface area contributed by atoms with Crippen LogP contribution in [0.25, 0.3) is 0 Å². The van der Waals surface area contributed by atoms with E-state index >= 15 is 0 Å². The molecule has 0 aromatic heterocycles. The summed E-state index contributed by atoms with van der Waals surface area (Å²) in [5.74, 6) is 0.431. The van der Waals surface area contributed by atoms with Crippen LogP contribution in [-0.2, 0) is 4.43 Å². The molecular formula is C15H31NO3Si. The first-order chi connectivity index (χ1) is 8.92. The SMILES string of the molecule is CC[C@H](C)[C@@H](O[Si](C)(C)C(C)(C)C)[C@@H](C)/C=C/[N+](=O)[O-]. The van der Waals surface area contributed by atoms with E-state index in [1.54, 1.807) is 6.08 Å². The molecule has 0 radical (unpaired) electrons. The molecule has 0 aromatic rings. The highest BCUT2D eigenvalue weighted by atomic mass is 28.4. The van der Waals surface area contributed by atoms with E-state index in [4.69, 9.17) is 4.43 Å². The van der Waals surface area contributed by atoms with Gasteiger partial charge in [-0.05, 0) is 30.1 Å². The Bertz CT molecular complexity index is 348. The zero-order chi connectivity index (χ0) is 16.1. The lowest BCUT2D eigenvalue weighted by molar-refractivity contribution is -0.402. The molecule has 5 heteroatoms. The average molecular weight is 302 g/mol. The van der Waals surface area contributed by atoms with Crippen LogP contribution < -0.4 is 0 Å². The molecular weight excluding hydrogens is 270 g/mol. The van der Waals surface area contributed by atoms with E-state index < -0.39 is 13.2 Å². The van der Waals surface area contributed by atoms with Crippen LogP contribution >= 0.6 is 0 Å². The smallest absolute Gasteiger partial charge is 0.230 e. The first kappa shape index (κ1) is 19.3. The van der Waals surface area contributed by atoms with E-state index in [0.717, 1.165) is 12.6 Å². The Hall–Kier alpha value is -0.683. The Labute approximate surface area is 124 Å². The Morgan fingerprint density at radius 2 is 1.80 bits per heavy atom. The van der Waals surface area contributed by atoms with Gasteiger partial charge in [-0.25, -0.2) is 0 Å². The standard InChI is InChI=1S/C15H31NO3Si/c1-9-12(2)14(13(3)10-11-16(17)18)19-20(7,8)15(4,5)6/h10-14H,9H2,1-8H3/b11-10+/t12-,13-,14+/m0/s1. The first-order valence-electron chi connectivity index (χ1n) is 7.42. The van der Waals surface area contributed by atoms with Crippen molar-refractivity contribution in [2.45, 2.75) is 72.2 Å². The maximum absolute atomic E-state index is 10.5. The second-order valence-electron chi connectivity index (χ2n) is 7.21.